The quantitative estimate of drug-likeness (QED) is 0.870. The van der Waals surface area contributed by atoms with Gasteiger partial charge in [-0.15, -0.1) is 0 Å². The van der Waals surface area contributed by atoms with Crippen LogP contribution in [0, 0.1) is 5.92 Å². The van der Waals surface area contributed by atoms with Crippen molar-refractivity contribution in [3.05, 3.63) is 24.0 Å². The summed E-state index contributed by atoms with van der Waals surface area (Å²) in [6.45, 7) is 6.18. The van der Waals surface area contributed by atoms with Crippen molar-refractivity contribution < 1.29 is 0 Å². The molecule has 0 spiro atoms. The summed E-state index contributed by atoms with van der Waals surface area (Å²) in [6.07, 6.45) is 7.18. The Balaban J connectivity index is 2.26. The second-order valence-corrected chi connectivity index (χ2v) is 5.66. The summed E-state index contributed by atoms with van der Waals surface area (Å²) in [4.78, 5) is 6.98. The molecule has 0 saturated heterocycles. The standard InChI is InChI=1S/C15H25N3/c1-12(2)11-18(13-6-3-4-7-13)15-8-5-9-17-14(15)10-16/h5,8-9,12-13H,3-4,6-7,10-11,16H2,1-2H3. The van der Waals surface area contributed by atoms with Gasteiger partial charge < -0.3 is 10.6 Å². The average Bonchev–Trinajstić information content (AvgIpc) is 2.89. The van der Waals surface area contributed by atoms with Crippen molar-refractivity contribution in [3.63, 3.8) is 0 Å². The molecule has 18 heavy (non-hydrogen) atoms. The number of pyridine rings is 1. The highest BCUT2D eigenvalue weighted by Gasteiger charge is 2.24. The number of rotatable bonds is 5. The zero-order valence-corrected chi connectivity index (χ0v) is 11.6. The molecule has 0 amide bonds. The molecule has 0 aliphatic heterocycles. The number of nitrogens with two attached hydrogens (primary N) is 1. The molecule has 2 rings (SSSR count). The van der Waals surface area contributed by atoms with Crippen LogP contribution < -0.4 is 10.6 Å². The summed E-state index contributed by atoms with van der Waals surface area (Å²) >= 11 is 0. The first-order chi connectivity index (χ1) is 8.72. The third kappa shape index (κ3) is 3.02. The Morgan fingerprint density at radius 2 is 2.11 bits per heavy atom. The van der Waals surface area contributed by atoms with Gasteiger partial charge in [0.05, 0.1) is 11.4 Å². The lowest BCUT2D eigenvalue weighted by Crippen LogP contribution is -2.37. The van der Waals surface area contributed by atoms with Gasteiger partial charge in [-0.3, -0.25) is 4.98 Å². The zero-order chi connectivity index (χ0) is 13.0. The van der Waals surface area contributed by atoms with Crippen molar-refractivity contribution in [1.82, 2.24) is 4.98 Å². The molecule has 3 nitrogen and oxygen atoms in total. The zero-order valence-electron chi connectivity index (χ0n) is 11.6. The molecule has 1 aromatic heterocycles. The molecule has 1 heterocycles. The highest BCUT2D eigenvalue weighted by molar-refractivity contribution is 5.51. The van der Waals surface area contributed by atoms with Crippen LogP contribution in [0.3, 0.4) is 0 Å². The van der Waals surface area contributed by atoms with Crippen molar-refractivity contribution in [2.24, 2.45) is 11.7 Å². The molecule has 1 aliphatic rings. The van der Waals surface area contributed by atoms with Crippen LogP contribution in [0.1, 0.15) is 45.2 Å². The predicted molar refractivity (Wildman–Crippen MR) is 76.6 cm³/mol. The first-order valence-corrected chi connectivity index (χ1v) is 7.13. The Bertz CT molecular complexity index is 370. The molecule has 100 valence electrons. The van der Waals surface area contributed by atoms with Crippen LogP contribution in [0.25, 0.3) is 0 Å². The first-order valence-electron chi connectivity index (χ1n) is 7.13. The largest absolute Gasteiger partial charge is 0.367 e. The minimum absolute atomic E-state index is 0.525. The van der Waals surface area contributed by atoms with E-state index in [1.165, 1.54) is 31.4 Å². The van der Waals surface area contributed by atoms with Crippen LogP contribution in [-0.4, -0.2) is 17.6 Å². The van der Waals surface area contributed by atoms with Crippen LogP contribution in [0.2, 0.25) is 0 Å². The van der Waals surface area contributed by atoms with E-state index in [9.17, 15) is 0 Å². The van der Waals surface area contributed by atoms with E-state index < -0.39 is 0 Å². The maximum Gasteiger partial charge on any atom is 0.0772 e. The Morgan fingerprint density at radius 3 is 2.72 bits per heavy atom. The monoisotopic (exact) mass is 247 g/mol. The molecule has 1 saturated carbocycles. The highest BCUT2D eigenvalue weighted by Crippen LogP contribution is 2.30. The van der Waals surface area contributed by atoms with Crippen LogP contribution in [0.15, 0.2) is 18.3 Å². The SMILES string of the molecule is CC(C)CN(c1cccnc1CN)C1CCCC1. The Hall–Kier alpha value is -1.09. The van der Waals surface area contributed by atoms with Gasteiger partial charge in [0.25, 0.3) is 0 Å². The van der Waals surface area contributed by atoms with Crippen molar-refractivity contribution in [2.75, 3.05) is 11.4 Å². The second-order valence-electron chi connectivity index (χ2n) is 5.66. The van der Waals surface area contributed by atoms with Crippen LogP contribution in [0.4, 0.5) is 5.69 Å². The number of nitrogens with zero attached hydrogens (tertiary/aromatic N) is 2. The van der Waals surface area contributed by atoms with Crippen LogP contribution in [0.5, 0.6) is 0 Å². The Morgan fingerprint density at radius 1 is 1.39 bits per heavy atom. The van der Waals surface area contributed by atoms with Gasteiger partial charge in [0.2, 0.25) is 0 Å². The summed E-state index contributed by atoms with van der Waals surface area (Å²) in [5.74, 6) is 0.663. The number of aromatic nitrogens is 1. The van der Waals surface area contributed by atoms with Gasteiger partial charge in [-0.05, 0) is 30.9 Å². The van der Waals surface area contributed by atoms with Gasteiger partial charge in [0.15, 0.2) is 0 Å². The summed E-state index contributed by atoms with van der Waals surface area (Å²) in [7, 11) is 0. The molecule has 1 aromatic rings. The normalized spacial score (nSPS) is 16.4. The molecule has 1 fully saturated rings. The molecule has 2 N–H and O–H groups in total. The lowest BCUT2D eigenvalue weighted by Gasteiger charge is -2.33. The van der Waals surface area contributed by atoms with Gasteiger partial charge in [-0.1, -0.05) is 26.7 Å². The van der Waals surface area contributed by atoms with E-state index in [0.717, 1.165) is 12.2 Å². The molecular formula is C15H25N3. The topological polar surface area (TPSA) is 42.2 Å². The van der Waals surface area contributed by atoms with Crippen molar-refractivity contribution >= 4 is 5.69 Å². The van der Waals surface area contributed by atoms with E-state index >= 15 is 0 Å². The number of hydrogen-bond donors (Lipinski definition) is 1. The van der Waals surface area contributed by atoms with Crippen molar-refractivity contribution in [3.8, 4) is 0 Å². The van der Waals surface area contributed by atoms with E-state index in [4.69, 9.17) is 5.73 Å². The van der Waals surface area contributed by atoms with Gasteiger partial charge in [-0.2, -0.15) is 0 Å². The summed E-state index contributed by atoms with van der Waals surface area (Å²) in [6, 6.07) is 4.88. The summed E-state index contributed by atoms with van der Waals surface area (Å²) in [5.41, 5.74) is 8.11. The molecule has 0 bridgehead atoms. The van der Waals surface area contributed by atoms with Crippen molar-refractivity contribution in [2.45, 2.75) is 52.1 Å². The van der Waals surface area contributed by atoms with E-state index in [1.807, 2.05) is 12.3 Å². The fourth-order valence-electron chi connectivity index (χ4n) is 2.90. The van der Waals surface area contributed by atoms with E-state index in [1.54, 1.807) is 0 Å². The molecule has 3 heteroatoms. The van der Waals surface area contributed by atoms with Crippen LogP contribution in [-0.2, 0) is 6.54 Å². The Kier molecular flexibility index (Phi) is 4.59. The van der Waals surface area contributed by atoms with E-state index in [2.05, 4.69) is 29.8 Å². The minimum Gasteiger partial charge on any atom is -0.367 e. The van der Waals surface area contributed by atoms with E-state index in [0.29, 0.717) is 18.5 Å². The minimum atomic E-state index is 0.525. The van der Waals surface area contributed by atoms with Crippen molar-refractivity contribution in [1.29, 1.82) is 0 Å². The van der Waals surface area contributed by atoms with Crippen LogP contribution >= 0.6 is 0 Å². The molecular weight excluding hydrogens is 222 g/mol. The second kappa shape index (κ2) is 6.19. The summed E-state index contributed by atoms with van der Waals surface area (Å²) < 4.78 is 0. The van der Waals surface area contributed by atoms with Gasteiger partial charge in [0, 0.05) is 25.3 Å². The van der Waals surface area contributed by atoms with Gasteiger partial charge in [0.1, 0.15) is 0 Å². The maximum absolute atomic E-state index is 5.83. The predicted octanol–water partition coefficient (Wildman–Crippen LogP) is 2.95. The summed E-state index contributed by atoms with van der Waals surface area (Å²) in [5, 5.41) is 0. The first kappa shape index (κ1) is 13.3. The molecule has 0 atom stereocenters. The third-order valence-electron chi connectivity index (χ3n) is 3.70. The third-order valence-corrected chi connectivity index (χ3v) is 3.70. The fourth-order valence-corrected chi connectivity index (χ4v) is 2.90. The maximum atomic E-state index is 5.83. The lowest BCUT2D eigenvalue weighted by atomic mass is 10.1. The average molecular weight is 247 g/mol. The Labute approximate surface area is 110 Å². The smallest absolute Gasteiger partial charge is 0.0772 e. The van der Waals surface area contributed by atoms with Gasteiger partial charge in [-0.25, -0.2) is 0 Å². The van der Waals surface area contributed by atoms with Gasteiger partial charge >= 0.3 is 0 Å². The molecule has 1 aliphatic carbocycles. The number of hydrogen-bond acceptors (Lipinski definition) is 3. The molecule has 0 unspecified atom stereocenters. The molecule has 0 radical (unpaired) electrons. The fraction of sp³-hybridized carbons (Fsp3) is 0.667. The lowest BCUT2D eigenvalue weighted by molar-refractivity contribution is 0.533. The number of anilines is 1. The van der Waals surface area contributed by atoms with E-state index in [-0.39, 0.29) is 0 Å². The molecule has 0 aromatic carbocycles. The highest BCUT2D eigenvalue weighted by atomic mass is 15.2.